The molecule has 1 saturated heterocycles. The molecule has 0 unspecified atom stereocenters. The van der Waals surface area contributed by atoms with Crippen molar-refractivity contribution in [2.24, 2.45) is 0 Å². The van der Waals surface area contributed by atoms with E-state index in [-0.39, 0.29) is 31.2 Å². The molecule has 0 radical (unpaired) electrons. The number of nitrogens with zero attached hydrogens (tertiary/aromatic N) is 3. The maximum atomic E-state index is 12.9. The highest BCUT2D eigenvalue weighted by atomic mass is 16.6. The number of rotatable bonds is 7. The third-order valence-corrected chi connectivity index (χ3v) is 4.56. The van der Waals surface area contributed by atoms with Gasteiger partial charge < -0.3 is 29.3 Å². The lowest BCUT2D eigenvalue weighted by atomic mass is 10.1. The molecule has 1 fully saturated rings. The average Bonchev–Trinajstić information content (AvgIpc) is 2.71. The second kappa shape index (κ2) is 10.0. The van der Waals surface area contributed by atoms with E-state index in [2.05, 4.69) is 0 Å². The lowest BCUT2D eigenvalue weighted by Crippen LogP contribution is -2.55. The van der Waals surface area contributed by atoms with E-state index < -0.39 is 36.0 Å². The molecule has 2 atom stereocenters. The Morgan fingerprint density at radius 1 is 1.26 bits per heavy atom. The highest BCUT2D eigenvalue weighted by Gasteiger charge is 2.42. The second-order valence-corrected chi connectivity index (χ2v) is 7.15. The largest absolute Gasteiger partial charge is 0.478 e. The molecular formula is C20H25N3O8. The molecule has 1 aromatic rings. The number of hydrogen-bond acceptors (Lipinski definition) is 7. The molecule has 1 aliphatic heterocycles. The van der Waals surface area contributed by atoms with E-state index in [1.165, 1.54) is 27.8 Å². The minimum absolute atomic E-state index is 0.0108. The van der Waals surface area contributed by atoms with Gasteiger partial charge >= 0.3 is 11.9 Å². The van der Waals surface area contributed by atoms with Crippen LogP contribution in [-0.4, -0.2) is 97.6 Å². The molecule has 1 N–H and O–H groups in total. The Balaban J connectivity index is 2.23. The number of carboxylic acids is 1. The van der Waals surface area contributed by atoms with Gasteiger partial charge in [0.25, 0.3) is 11.8 Å². The normalized spacial score (nSPS) is 17.0. The van der Waals surface area contributed by atoms with Gasteiger partial charge in [0.05, 0.1) is 13.2 Å². The van der Waals surface area contributed by atoms with Gasteiger partial charge in [0.2, 0.25) is 12.0 Å². The van der Waals surface area contributed by atoms with Gasteiger partial charge in [-0.2, -0.15) is 0 Å². The zero-order chi connectivity index (χ0) is 23.3. The van der Waals surface area contributed by atoms with Crippen molar-refractivity contribution in [1.82, 2.24) is 9.80 Å². The van der Waals surface area contributed by atoms with E-state index in [9.17, 15) is 29.1 Å². The highest BCUT2D eigenvalue weighted by molar-refractivity contribution is 6.02. The zero-order valence-electron chi connectivity index (χ0n) is 17.7. The molecule has 0 spiro atoms. The van der Waals surface area contributed by atoms with E-state index in [1.807, 2.05) is 0 Å². The molecule has 1 heterocycles. The van der Waals surface area contributed by atoms with Crippen LogP contribution in [0.2, 0.25) is 0 Å². The molecule has 0 saturated carbocycles. The smallest absolute Gasteiger partial charge is 0.348 e. The number of carbonyl (C=O) groups is 5. The van der Waals surface area contributed by atoms with Crippen molar-refractivity contribution in [3.63, 3.8) is 0 Å². The Labute approximate surface area is 179 Å². The molecule has 0 aliphatic carbocycles. The number of ether oxygens (including phenoxy) is 2. The fraction of sp³-hybridized carbons (Fsp3) is 0.450. The third-order valence-electron chi connectivity index (χ3n) is 4.56. The Bertz CT molecular complexity index is 885. The van der Waals surface area contributed by atoms with Gasteiger partial charge in [-0.05, 0) is 18.2 Å². The summed E-state index contributed by atoms with van der Waals surface area (Å²) in [6, 6.07) is 6.18. The molecule has 11 nitrogen and oxygen atoms in total. The van der Waals surface area contributed by atoms with Crippen molar-refractivity contribution in [3.05, 3.63) is 29.8 Å². The van der Waals surface area contributed by atoms with Crippen LogP contribution >= 0.6 is 0 Å². The molecule has 0 aromatic heterocycles. The predicted molar refractivity (Wildman–Crippen MR) is 107 cm³/mol. The summed E-state index contributed by atoms with van der Waals surface area (Å²) < 4.78 is 10.0. The fourth-order valence-electron chi connectivity index (χ4n) is 2.94. The average molecular weight is 435 g/mol. The van der Waals surface area contributed by atoms with Gasteiger partial charge in [-0.3, -0.25) is 19.2 Å². The number of amides is 3. The quantitative estimate of drug-likeness (QED) is 0.572. The van der Waals surface area contributed by atoms with Crippen LogP contribution in [-0.2, 0) is 28.7 Å². The predicted octanol–water partition coefficient (Wildman–Crippen LogP) is -0.405. The summed E-state index contributed by atoms with van der Waals surface area (Å²) in [6.07, 6.45) is -3.31. The Hall–Kier alpha value is -3.47. The number of esters is 1. The first-order valence-electron chi connectivity index (χ1n) is 9.41. The zero-order valence-corrected chi connectivity index (χ0v) is 17.7. The van der Waals surface area contributed by atoms with Crippen molar-refractivity contribution in [2.45, 2.75) is 19.1 Å². The number of carboxylic acid groups (broad SMARTS) is 1. The third kappa shape index (κ3) is 5.79. The molecule has 2 rings (SSSR count). The van der Waals surface area contributed by atoms with Crippen molar-refractivity contribution in [3.8, 4) is 0 Å². The van der Waals surface area contributed by atoms with Gasteiger partial charge in [0.1, 0.15) is 0 Å². The van der Waals surface area contributed by atoms with E-state index in [1.54, 1.807) is 32.3 Å². The number of benzene rings is 1. The van der Waals surface area contributed by atoms with Crippen molar-refractivity contribution < 1.29 is 38.6 Å². The molecule has 31 heavy (non-hydrogen) atoms. The highest BCUT2D eigenvalue weighted by Crippen LogP contribution is 2.23. The molecule has 11 heteroatoms. The maximum absolute atomic E-state index is 12.9. The van der Waals surface area contributed by atoms with Crippen LogP contribution in [0, 0.1) is 0 Å². The first-order valence-corrected chi connectivity index (χ1v) is 9.41. The van der Waals surface area contributed by atoms with E-state index in [0.29, 0.717) is 5.69 Å². The summed E-state index contributed by atoms with van der Waals surface area (Å²) in [7, 11) is 4.66. The fourth-order valence-corrected chi connectivity index (χ4v) is 2.94. The number of hydrogen-bond donors (Lipinski definition) is 1. The standard InChI is InChI=1S/C20H25N3O8/c1-12(24)31-17(20(28)29)16-19(27)23(8-9-30-16)14-7-5-6-13(10-14)18(26)22(4)11-15(25)21(2)3/h5-7,10,16-17H,8-9,11H2,1-4H3,(H,28,29)/t16-,17-/m1/s1. The number of aliphatic carboxylic acids is 1. The van der Waals surface area contributed by atoms with Crippen molar-refractivity contribution >= 4 is 35.3 Å². The summed E-state index contributed by atoms with van der Waals surface area (Å²) in [5.41, 5.74) is 0.598. The summed E-state index contributed by atoms with van der Waals surface area (Å²) in [5.74, 6) is -3.74. The van der Waals surface area contributed by atoms with Gasteiger partial charge in [-0.15, -0.1) is 0 Å². The van der Waals surface area contributed by atoms with Gasteiger partial charge in [0, 0.05) is 45.9 Å². The van der Waals surface area contributed by atoms with E-state index in [4.69, 9.17) is 9.47 Å². The van der Waals surface area contributed by atoms with Gasteiger partial charge in [-0.1, -0.05) is 6.07 Å². The lowest BCUT2D eigenvalue weighted by molar-refractivity contribution is -0.177. The summed E-state index contributed by atoms with van der Waals surface area (Å²) in [4.78, 5) is 64.0. The topological polar surface area (TPSA) is 134 Å². The molecule has 1 aliphatic rings. The minimum atomic E-state index is -1.79. The van der Waals surface area contributed by atoms with Crippen LogP contribution in [0.3, 0.4) is 0 Å². The maximum Gasteiger partial charge on any atom is 0.348 e. The molecule has 1 aromatic carbocycles. The van der Waals surface area contributed by atoms with Crippen LogP contribution in [0.4, 0.5) is 5.69 Å². The van der Waals surface area contributed by atoms with Gasteiger partial charge in [0.15, 0.2) is 6.10 Å². The van der Waals surface area contributed by atoms with Crippen molar-refractivity contribution in [2.75, 3.05) is 45.7 Å². The van der Waals surface area contributed by atoms with Crippen LogP contribution in [0.1, 0.15) is 17.3 Å². The van der Waals surface area contributed by atoms with Gasteiger partial charge in [-0.25, -0.2) is 4.79 Å². The van der Waals surface area contributed by atoms with E-state index in [0.717, 1.165) is 6.92 Å². The van der Waals surface area contributed by atoms with Crippen LogP contribution in [0.25, 0.3) is 0 Å². The molecular weight excluding hydrogens is 410 g/mol. The second-order valence-electron chi connectivity index (χ2n) is 7.15. The number of morpholine rings is 1. The van der Waals surface area contributed by atoms with Crippen LogP contribution < -0.4 is 4.90 Å². The van der Waals surface area contributed by atoms with Crippen LogP contribution in [0.15, 0.2) is 24.3 Å². The monoisotopic (exact) mass is 435 g/mol. The summed E-state index contributed by atoms with van der Waals surface area (Å²) >= 11 is 0. The first kappa shape index (κ1) is 23.8. The van der Waals surface area contributed by atoms with Crippen molar-refractivity contribution in [1.29, 1.82) is 0 Å². The Morgan fingerprint density at radius 2 is 1.94 bits per heavy atom. The van der Waals surface area contributed by atoms with E-state index >= 15 is 0 Å². The summed E-state index contributed by atoms with van der Waals surface area (Å²) in [6.45, 7) is 1.05. The molecule has 3 amide bonds. The first-order chi connectivity index (χ1) is 14.5. The minimum Gasteiger partial charge on any atom is -0.478 e. The molecule has 0 bridgehead atoms. The SMILES string of the molecule is CC(=O)O[C@@H](C(=O)O)[C@H]1OCCN(c2cccc(C(=O)N(C)CC(=O)N(C)C)c2)C1=O. The number of carbonyl (C=O) groups excluding carboxylic acids is 4. The Morgan fingerprint density at radius 3 is 2.52 bits per heavy atom. The van der Waals surface area contributed by atoms with Crippen LogP contribution in [0.5, 0.6) is 0 Å². The lowest BCUT2D eigenvalue weighted by Gasteiger charge is -2.34. The number of anilines is 1. The summed E-state index contributed by atoms with van der Waals surface area (Å²) in [5, 5.41) is 9.33. The molecule has 168 valence electrons. The Kier molecular flexibility index (Phi) is 7.70. The number of likely N-dealkylation sites (N-methyl/N-ethyl adjacent to an activating group) is 2.